The fourth-order valence-corrected chi connectivity index (χ4v) is 2.95. The predicted octanol–water partition coefficient (Wildman–Crippen LogP) is 1.79. The summed E-state index contributed by atoms with van der Waals surface area (Å²) in [5.74, 6) is 1.14. The standard InChI is InChI=1S/C14H19IN2O3/c1-19-12-6-10(11(15)7-13(12)20-2)14(18)17-9-4-3-5-16-8-9/h6-7,9,16H,3-5,8H2,1-2H3,(H,17,18)/t9-/m0/s1. The minimum Gasteiger partial charge on any atom is -0.493 e. The van der Waals surface area contributed by atoms with Crippen molar-refractivity contribution in [1.29, 1.82) is 0 Å². The molecule has 0 spiro atoms. The van der Waals surface area contributed by atoms with Crippen molar-refractivity contribution in [3.63, 3.8) is 0 Å². The molecule has 110 valence electrons. The Hall–Kier alpha value is -1.02. The number of methoxy groups -OCH3 is 2. The molecule has 2 N–H and O–H groups in total. The molecule has 1 aromatic rings. The van der Waals surface area contributed by atoms with Gasteiger partial charge in [0.25, 0.3) is 5.91 Å². The summed E-state index contributed by atoms with van der Waals surface area (Å²) in [6.45, 7) is 1.86. The van der Waals surface area contributed by atoms with Crippen molar-refractivity contribution in [2.45, 2.75) is 18.9 Å². The number of carbonyl (C=O) groups is 1. The molecule has 1 aromatic carbocycles. The molecule has 2 rings (SSSR count). The molecule has 1 amide bonds. The van der Waals surface area contributed by atoms with Gasteiger partial charge >= 0.3 is 0 Å². The molecule has 20 heavy (non-hydrogen) atoms. The number of halogens is 1. The number of ether oxygens (including phenoxy) is 2. The number of amides is 1. The average Bonchev–Trinajstić information content (AvgIpc) is 2.47. The second-order valence-electron chi connectivity index (χ2n) is 4.70. The van der Waals surface area contributed by atoms with E-state index in [1.165, 1.54) is 0 Å². The fraction of sp³-hybridized carbons (Fsp3) is 0.500. The summed E-state index contributed by atoms with van der Waals surface area (Å²) in [5.41, 5.74) is 0.619. The summed E-state index contributed by atoms with van der Waals surface area (Å²) >= 11 is 2.14. The van der Waals surface area contributed by atoms with Crippen molar-refractivity contribution in [3.05, 3.63) is 21.3 Å². The Labute approximate surface area is 132 Å². The van der Waals surface area contributed by atoms with E-state index in [4.69, 9.17) is 9.47 Å². The van der Waals surface area contributed by atoms with E-state index in [0.29, 0.717) is 17.1 Å². The lowest BCUT2D eigenvalue weighted by molar-refractivity contribution is 0.0929. The first-order valence-electron chi connectivity index (χ1n) is 6.58. The van der Waals surface area contributed by atoms with Crippen LogP contribution in [-0.2, 0) is 0 Å². The van der Waals surface area contributed by atoms with Gasteiger partial charge in [-0.25, -0.2) is 0 Å². The first kappa shape index (κ1) is 15.4. The lowest BCUT2D eigenvalue weighted by Crippen LogP contribution is -2.45. The second-order valence-corrected chi connectivity index (χ2v) is 5.87. The van der Waals surface area contributed by atoms with Crippen molar-refractivity contribution in [2.24, 2.45) is 0 Å². The lowest BCUT2D eigenvalue weighted by atomic mass is 10.1. The van der Waals surface area contributed by atoms with Gasteiger partial charge in [-0.1, -0.05) is 0 Å². The summed E-state index contributed by atoms with van der Waals surface area (Å²) in [6, 6.07) is 3.74. The molecule has 1 saturated heterocycles. The minimum absolute atomic E-state index is 0.0657. The van der Waals surface area contributed by atoms with Gasteiger partial charge in [-0.3, -0.25) is 4.79 Å². The van der Waals surface area contributed by atoms with Crippen LogP contribution < -0.4 is 20.1 Å². The number of rotatable bonds is 4. The molecule has 1 aliphatic rings. The third-order valence-electron chi connectivity index (χ3n) is 3.35. The number of nitrogens with one attached hydrogen (secondary N) is 2. The molecule has 1 fully saturated rings. The van der Waals surface area contributed by atoms with Gasteiger partial charge in [0, 0.05) is 16.2 Å². The van der Waals surface area contributed by atoms with E-state index in [1.807, 2.05) is 6.07 Å². The van der Waals surface area contributed by atoms with E-state index in [2.05, 4.69) is 33.2 Å². The molecular formula is C14H19IN2O3. The molecular weight excluding hydrogens is 371 g/mol. The first-order chi connectivity index (χ1) is 9.65. The monoisotopic (exact) mass is 390 g/mol. The normalized spacial score (nSPS) is 18.4. The van der Waals surface area contributed by atoms with Crippen molar-refractivity contribution >= 4 is 28.5 Å². The Morgan fingerprint density at radius 3 is 2.65 bits per heavy atom. The van der Waals surface area contributed by atoms with Gasteiger partial charge in [-0.05, 0) is 54.1 Å². The maximum absolute atomic E-state index is 12.4. The van der Waals surface area contributed by atoms with Crippen molar-refractivity contribution in [3.8, 4) is 11.5 Å². The van der Waals surface area contributed by atoms with Crippen LogP contribution in [0, 0.1) is 3.57 Å². The van der Waals surface area contributed by atoms with E-state index in [9.17, 15) is 4.79 Å². The maximum Gasteiger partial charge on any atom is 0.252 e. The van der Waals surface area contributed by atoms with Crippen LogP contribution in [0.1, 0.15) is 23.2 Å². The van der Waals surface area contributed by atoms with Crippen molar-refractivity contribution in [1.82, 2.24) is 10.6 Å². The van der Waals surface area contributed by atoms with Gasteiger partial charge in [0.2, 0.25) is 0 Å². The molecule has 0 aromatic heterocycles. The van der Waals surface area contributed by atoms with E-state index in [1.54, 1.807) is 20.3 Å². The van der Waals surface area contributed by atoms with Crippen LogP contribution in [0.2, 0.25) is 0 Å². The zero-order valence-corrected chi connectivity index (χ0v) is 13.8. The predicted molar refractivity (Wildman–Crippen MR) is 85.6 cm³/mol. The van der Waals surface area contributed by atoms with Crippen LogP contribution in [0.25, 0.3) is 0 Å². The van der Waals surface area contributed by atoms with Gasteiger partial charge in [0.05, 0.1) is 19.8 Å². The number of benzene rings is 1. The third-order valence-corrected chi connectivity index (χ3v) is 4.24. The molecule has 0 unspecified atom stereocenters. The minimum atomic E-state index is -0.0657. The Morgan fingerprint density at radius 1 is 1.35 bits per heavy atom. The lowest BCUT2D eigenvalue weighted by Gasteiger charge is -2.24. The number of hydrogen-bond donors (Lipinski definition) is 2. The summed E-state index contributed by atoms with van der Waals surface area (Å²) in [6.07, 6.45) is 2.11. The summed E-state index contributed by atoms with van der Waals surface area (Å²) < 4.78 is 11.3. The van der Waals surface area contributed by atoms with Gasteiger partial charge in [-0.2, -0.15) is 0 Å². The quantitative estimate of drug-likeness (QED) is 0.770. The molecule has 1 atom stereocenters. The Morgan fingerprint density at radius 2 is 2.05 bits per heavy atom. The maximum atomic E-state index is 12.4. The molecule has 1 heterocycles. The van der Waals surface area contributed by atoms with Crippen LogP contribution in [-0.4, -0.2) is 39.3 Å². The topological polar surface area (TPSA) is 59.6 Å². The molecule has 6 heteroatoms. The molecule has 0 saturated carbocycles. The average molecular weight is 390 g/mol. The van der Waals surface area contributed by atoms with Gasteiger partial charge in [-0.15, -0.1) is 0 Å². The van der Waals surface area contributed by atoms with Gasteiger partial charge < -0.3 is 20.1 Å². The smallest absolute Gasteiger partial charge is 0.252 e. The second kappa shape index (κ2) is 7.12. The molecule has 0 radical (unpaired) electrons. The molecule has 0 aliphatic carbocycles. The van der Waals surface area contributed by atoms with Crippen LogP contribution in [0.15, 0.2) is 12.1 Å². The van der Waals surface area contributed by atoms with E-state index in [0.717, 1.165) is 29.5 Å². The largest absolute Gasteiger partial charge is 0.493 e. The highest BCUT2D eigenvalue weighted by molar-refractivity contribution is 14.1. The Kier molecular flexibility index (Phi) is 5.47. The SMILES string of the molecule is COc1cc(I)c(C(=O)N[C@H]2CCCNC2)cc1OC. The van der Waals surface area contributed by atoms with Crippen LogP contribution in [0.5, 0.6) is 11.5 Å². The highest BCUT2D eigenvalue weighted by Crippen LogP contribution is 2.31. The summed E-state index contributed by atoms with van der Waals surface area (Å²) in [7, 11) is 3.15. The van der Waals surface area contributed by atoms with E-state index >= 15 is 0 Å². The van der Waals surface area contributed by atoms with E-state index in [-0.39, 0.29) is 11.9 Å². The van der Waals surface area contributed by atoms with Crippen molar-refractivity contribution < 1.29 is 14.3 Å². The Bertz CT molecular complexity index is 488. The van der Waals surface area contributed by atoms with Gasteiger partial charge in [0.15, 0.2) is 11.5 Å². The van der Waals surface area contributed by atoms with Crippen LogP contribution >= 0.6 is 22.6 Å². The highest BCUT2D eigenvalue weighted by Gasteiger charge is 2.19. The third kappa shape index (κ3) is 3.54. The van der Waals surface area contributed by atoms with E-state index < -0.39 is 0 Å². The molecule has 0 bridgehead atoms. The number of hydrogen-bond acceptors (Lipinski definition) is 4. The molecule has 5 nitrogen and oxygen atoms in total. The zero-order chi connectivity index (χ0) is 14.5. The fourth-order valence-electron chi connectivity index (χ4n) is 2.27. The molecule has 1 aliphatic heterocycles. The Balaban J connectivity index is 2.16. The highest BCUT2D eigenvalue weighted by atomic mass is 127. The van der Waals surface area contributed by atoms with Gasteiger partial charge in [0.1, 0.15) is 0 Å². The zero-order valence-electron chi connectivity index (χ0n) is 11.7. The first-order valence-corrected chi connectivity index (χ1v) is 7.66. The number of piperidine rings is 1. The summed E-state index contributed by atoms with van der Waals surface area (Å²) in [5, 5.41) is 6.35. The van der Waals surface area contributed by atoms with Crippen molar-refractivity contribution in [2.75, 3.05) is 27.3 Å². The summed E-state index contributed by atoms with van der Waals surface area (Å²) in [4.78, 5) is 12.4. The van der Waals surface area contributed by atoms with Crippen LogP contribution in [0.3, 0.4) is 0 Å². The number of carbonyl (C=O) groups excluding carboxylic acids is 1. The van der Waals surface area contributed by atoms with Crippen LogP contribution in [0.4, 0.5) is 0 Å².